The lowest BCUT2D eigenvalue weighted by atomic mass is 9.88. The zero-order valence-electron chi connectivity index (χ0n) is 26.2. The van der Waals surface area contributed by atoms with E-state index in [4.69, 9.17) is 4.74 Å². The van der Waals surface area contributed by atoms with Gasteiger partial charge in [0.05, 0.1) is 37.3 Å². The lowest BCUT2D eigenvalue weighted by molar-refractivity contribution is -0.137. The van der Waals surface area contributed by atoms with Crippen molar-refractivity contribution in [1.82, 2.24) is 19.0 Å². The van der Waals surface area contributed by atoms with Crippen molar-refractivity contribution in [1.29, 1.82) is 0 Å². The summed E-state index contributed by atoms with van der Waals surface area (Å²) in [6.45, 7) is 1.95. The van der Waals surface area contributed by atoms with E-state index in [0.717, 1.165) is 35.0 Å². The molecule has 6 rings (SSSR count). The molecule has 0 radical (unpaired) electrons. The molecule has 258 valence electrons. The molecule has 10 nitrogen and oxygen atoms in total. The highest BCUT2D eigenvalue weighted by atomic mass is 32.2. The molecule has 0 bridgehead atoms. The number of aliphatic hydroxyl groups excluding tert-OH is 1. The van der Waals surface area contributed by atoms with Crippen molar-refractivity contribution in [2.45, 2.75) is 50.6 Å². The van der Waals surface area contributed by atoms with E-state index in [9.17, 15) is 35.9 Å². The molecule has 0 amide bonds. The molecule has 1 N–H and O–H groups in total. The van der Waals surface area contributed by atoms with Crippen molar-refractivity contribution >= 4 is 37.6 Å². The Kier molecular flexibility index (Phi) is 9.56. The Bertz CT molecular complexity index is 1920. The number of β-amino-alcohol motifs (C(OH)–C–C–N with tert-alkyl or cyclic N) is 1. The number of fused-ring (bicyclic) bond motifs is 2. The van der Waals surface area contributed by atoms with E-state index in [1.54, 1.807) is 10.7 Å². The van der Waals surface area contributed by atoms with Crippen LogP contribution in [0, 0.1) is 5.82 Å². The van der Waals surface area contributed by atoms with Gasteiger partial charge in [0, 0.05) is 58.5 Å². The Morgan fingerprint density at radius 1 is 1.10 bits per heavy atom. The highest BCUT2D eigenvalue weighted by molar-refractivity contribution is 7.88. The number of thiophene rings is 1. The van der Waals surface area contributed by atoms with E-state index in [1.165, 1.54) is 47.0 Å². The number of sulfonamides is 1. The van der Waals surface area contributed by atoms with Gasteiger partial charge in [0.1, 0.15) is 5.82 Å². The second-order valence-electron chi connectivity index (χ2n) is 12.1. The summed E-state index contributed by atoms with van der Waals surface area (Å²) >= 11 is 1.19. The van der Waals surface area contributed by atoms with Gasteiger partial charge in [-0.05, 0) is 56.1 Å². The molecule has 2 aliphatic heterocycles. The van der Waals surface area contributed by atoms with Crippen LogP contribution in [-0.4, -0.2) is 84.3 Å². The van der Waals surface area contributed by atoms with Gasteiger partial charge in [-0.15, -0.1) is 0 Å². The van der Waals surface area contributed by atoms with Crippen LogP contribution in [-0.2, 0) is 40.4 Å². The Morgan fingerprint density at radius 3 is 2.46 bits per heavy atom. The van der Waals surface area contributed by atoms with Crippen LogP contribution in [0.15, 0.2) is 42.5 Å². The Morgan fingerprint density at radius 2 is 1.81 bits per heavy atom. The Labute approximate surface area is 278 Å². The highest BCUT2D eigenvalue weighted by Crippen LogP contribution is 2.46. The molecular formula is C32H34F4N4O6S2. The van der Waals surface area contributed by atoms with Crippen LogP contribution < -0.4 is 4.74 Å². The summed E-state index contributed by atoms with van der Waals surface area (Å²) in [5.41, 5.74) is 2.18. The molecule has 0 aliphatic carbocycles. The van der Waals surface area contributed by atoms with Gasteiger partial charge in [-0.3, -0.25) is 4.68 Å². The van der Waals surface area contributed by atoms with Crippen LogP contribution in [0.4, 0.5) is 22.4 Å². The fourth-order valence-corrected chi connectivity index (χ4v) is 8.50. The number of hydrogen-bond acceptors (Lipinski definition) is 9. The molecule has 4 aromatic rings. The minimum atomic E-state index is -4.50. The summed E-state index contributed by atoms with van der Waals surface area (Å²) in [5.74, 6) is -0.360. The van der Waals surface area contributed by atoms with Gasteiger partial charge in [-0.25, -0.2) is 17.6 Å². The lowest BCUT2D eigenvalue weighted by Gasteiger charge is -2.33. The molecule has 1 saturated heterocycles. The molecule has 0 spiro atoms. The number of methoxy groups -OCH3 is 1. The van der Waals surface area contributed by atoms with Crippen molar-refractivity contribution in [2.24, 2.45) is 0 Å². The SMILES string of the molecule is COC(=O)Oc1sc2cc(F)ccc2c1C1CCN(CC(O)Cn2nc(-c3ccc(C(F)(F)F)cc3)c3c2CCN(S(C)(=O)=O)C3)CC1. The number of carbonyl (C=O) groups is 1. The van der Waals surface area contributed by atoms with Crippen LogP contribution in [0.3, 0.4) is 0 Å². The molecule has 16 heteroatoms. The Balaban J connectivity index is 1.17. The monoisotopic (exact) mass is 710 g/mol. The zero-order chi connectivity index (χ0) is 34.4. The van der Waals surface area contributed by atoms with Crippen LogP contribution in [0.1, 0.15) is 41.1 Å². The molecule has 1 fully saturated rings. The van der Waals surface area contributed by atoms with Crippen LogP contribution in [0.5, 0.6) is 5.06 Å². The van der Waals surface area contributed by atoms with Gasteiger partial charge >= 0.3 is 12.3 Å². The van der Waals surface area contributed by atoms with Gasteiger partial charge in [-0.1, -0.05) is 29.5 Å². The number of halogens is 4. The number of aliphatic hydroxyl groups is 1. The third-order valence-electron chi connectivity index (χ3n) is 8.90. The van der Waals surface area contributed by atoms with E-state index < -0.39 is 34.0 Å². The second-order valence-corrected chi connectivity index (χ2v) is 15.1. The van der Waals surface area contributed by atoms with Crippen molar-refractivity contribution < 1.29 is 45.4 Å². The van der Waals surface area contributed by atoms with E-state index in [2.05, 4.69) is 14.7 Å². The maximum atomic E-state index is 14.0. The number of piperidine rings is 1. The maximum Gasteiger partial charge on any atom is 0.514 e. The summed E-state index contributed by atoms with van der Waals surface area (Å²) in [7, 11) is -2.31. The minimum absolute atomic E-state index is 0.0273. The van der Waals surface area contributed by atoms with Crippen molar-refractivity contribution in [2.75, 3.05) is 39.5 Å². The number of alkyl halides is 3. The van der Waals surface area contributed by atoms with Gasteiger partial charge in [0.15, 0.2) is 5.06 Å². The molecule has 1 unspecified atom stereocenters. The van der Waals surface area contributed by atoms with Crippen LogP contribution in [0.2, 0.25) is 0 Å². The predicted octanol–water partition coefficient (Wildman–Crippen LogP) is 5.63. The van der Waals surface area contributed by atoms with E-state index >= 15 is 0 Å². The molecule has 2 aliphatic rings. The molecule has 1 atom stereocenters. The second kappa shape index (κ2) is 13.4. The molecule has 2 aromatic carbocycles. The van der Waals surface area contributed by atoms with Crippen molar-refractivity contribution in [3.05, 3.63) is 70.7 Å². The highest BCUT2D eigenvalue weighted by Gasteiger charge is 2.33. The van der Waals surface area contributed by atoms with Gasteiger partial charge in [-0.2, -0.15) is 22.6 Å². The summed E-state index contributed by atoms with van der Waals surface area (Å²) < 4.78 is 92.0. The maximum absolute atomic E-state index is 14.0. The molecule has 4 heterocycles. The number of rotatable bonds is 8. The summed E-state index contributed by atoms with van der Waals surface area (Å²) in [4.78, 5) is 14.1. The first-order chi connectivity index (χ1) is 22.7. The van der Waals surface area contributed by atoms with Crippen LogP contribution in [0.25, 0.3) is 21.3 Å². The zero-order valence-corrected chi connectivity index (χ0v) is 27.8. The standard InChI is InChI=1S/C32H34F4N4O6S2/c1-45-31(42)46-30-28(24-8-7-22(33)15-27(24)47-30)19-9-12-38(13-10-19)16-23(41)17-40-26-11-14-39(48(2,43)44)18-25(26)29(37-40)20-3-5-21(6-4-20)32(34,35)36/h3-8,15,19,23,41H,9-14,16-18H2,1-2H3. The molecule has 2 aromatic heterocycles. The van der Waals surface area contributed by atoms with E-state index in [0.29, 0.717) is 65.5 Å². The number of benzene rings is 2. The van der Waals surface area contributed by atoms with Gasteiger partial charge < -0.3 is 19.5 Å². The number of hydrogen-bond donors (Lipinski definition) is 1. The average molecular weight is 711 g/mol. The molecule has 48 heavy (non-hydrogen) atoms. The van der Waals surface area contributed by atoms with E-state index in [-0.39, 0.29) is 31.4 Å². The normalized spacial score (nSPS) is 17.4. The number of ether oxygens (including phenoxy) is 2. The largest absolute Gasteiger partial charge is 0.514 e. The summed E-state index contributed by atoms with van der Waals surface area (Å²) in [6.07, 6.45) is -3.35. The van der Waals surface area contributed by atoms with Crippen molar-refractivity contribution in [3.8, 4) is 16.3 Å². The number of aromatic nitrogens is 2. The van der Waals surface area contributed by atoms with Gasteiger partial charge in [0.2, 0.25) is 10.0 Å². The predicted molar refractivity (Wildman–Crippen MR) is 171 cm³/mol. The first-order valence-electron chi connectivity index (χ1n) is 15.3. The number of likely N-dealkylation sites (tertiary alicyclic amines) is 1. The number of nitrogens with zero attached hydrogens (tertiary/aromatic N) is 4. The van der Waals surface area contributed by atoms with Crippen molar-refractivity contribution in [3.63, 3.8) is 0 Å². The summed E-state index contributed by atoms with van der Waals surface area (Å²) in [6, 6.07) is 9.07. The quantitative estimate of drug-likeness (QED) is 0.185. The topological polar surface area (TPSA) is 114 Å². The minimum Gasteiger partial charge on any atom is -0.437 e. The smallest absolute Gasteiger partial charge is 0.437 e. The third kappa shape index (κ3) is 7.22. The number of carbonyl (C=O) groups excluding carboxylic acids is 1. The first-order valence-corrected chi connectivity index (χ1v) is 18.0. The van der Waals surface area contributed by atoms with Crippen LogP contribution >= 0.6 is 11.3 Å². The molecular weight excluding hydrogens is 676 g/mol. The fourth-order valence-electron chi connectivity index (χ4n) is 6.56. The molecule has 0 saturated carbocycles. The lowest BCUT2D eigenvalue weighted by Crippen LogP contribution is -2.40. The van der Waals surface area contributed by atoms with Gasteiger partial charge in [0.25, 0.3) is 0 Å². The average Bonchev–Trinajstić information content (AvgIpc) is 3.57. The third-order valence-corrected chi connectivity index (χ3v) is 11.2. The van der Waals surface area contributed by atoms with E-state index in [1.807, 2.05) is 0 Å². The Hall–Kier alpha value is -3.57. The first kappa shape index (κ1) is 34.3. The summed E-state index contributed by atoms with van der Waals surface area (Å²) in [5, 5.41) is 17.1. The fraction of sp³-hybridized carbons (Fsp3) is 0.438.